The van der Waals surface area contributed by atoms with E-state index in [1.165, 1.54) is 10.9 Å². The number of halogens is 4. The minimum absolute atomic E-state index is 0.0954. The maximum absolute atomic E-state index is 13.1. The van der Waals surface area contributed by atoms with Crippen LogP contribution in [-0.4, -0.2) is 15.3 Å². The van der Waals surface area contributed by atoms with Crippen LogP contribution in [-0.2, 0) is 12.7 Å². The number of hydrogen-bond acceptors (Lipinski definition) is 3. The van der Waals surface area contributed by atoms with Crippen LogP contribution in [0, 0.1) is 12.3 Å². The molecule has 3 aromatic rings. The Morgan fingerprint density at radius 1 is 1.29 bits per heavy atom. The Kier molecular flexibility index (Phi) is 5.87. The Morgan fingerprint density at radius 2 is 2.04 bits per heavy atom. The molecule has 0 aliphatic carbocycles. The van der Waals surface area contributed by atoms with Crippen LogP contribution < -0.4 is 5.56 Å². The van der Waals surface area contributed by atoms with Gasteiger partial charge in [0.15, 0.2) is 0 Å². The summed E-state index contributed by atoms with van der Waals surface area (Å²) in [7, 11) is 0. The molecule has 3 nitrogen and oxygen atoms in total. The molecular formula is C20H14BrF3N2OS. The Bertz CT molecular complexity index is 1150. The van der Waals surface area contributed by atoms with E-state index >= 15 is 0 Å². The van der Waals surface area contributed by atoms with Crippen LogP contribution in [0.3, 0.4) is 0 Å². The second kappa shape index (κ2) is 8.02. The molecule has 0 amide bonds. The molecule has 0 bridgehead atoms. The number of aromatic nitrogens is 2. The minimum atomic E-state index is -4.56. The van der Waals surface area contributed by atoms with Crippen LogP contribution in [0.25, 0.3) is 10.9 Å². The molecule has 0 aliphatic heterocycles. The number of terminal acetylenes is 1. The fraction of sp³-hybridized carbons (Fsp3) is 0.200. The standard InChI is InChI=1S/C20H14BrF3N2OS/c1-3-12-5-6-17(28-4-2)13(7-12)10-26-11-25-18-15(19(26)27)8-14(9-16(18)21)20(22,23)24/h1,5-9,11H,4,10H2,2H3. The minimum Gasteiger partial charge on any atom is -0.294 e. The zero-order chi connectivity index (χ0) is 20.5. The first-order valence-corrected chi connectivity index (χ1v) is 10.0. The number of hydrogen-bond donors (Lipinski definition) is 0. The van der Waals surface area contributed by atoms with Crippen molar-refractivity contribution >= 4 is 38.6 Å². The summed E-state index contributed by atoms with van der Waals surface area (Å²) in [5.41, 5.74) is 0.223. The van der Waals surface area contributed by atoms with E-state index in [9.17, 15) is 18.0 Å². The summed E-state index contributed by atoms with van der Waals surface area (Å²) in [5, 5.41) is -0.0954. The lowest BCUT2D eigenvalue weighted by atomic mass is 10.1. The molecule has 0 spiro atoms. The lowest BCUT2D eigenvalue weighted by Crippen LogP contribution is -2.22. The molecular weight excluding hydrogens is 453 g/mol. The molecule has 8 heteroatoms. The zero-order valence-corrected chi connectivity index (χ0v) is 17.1. The molecule has 28 heavy (non-hydrogen) atoms. The molecule has 0 radical (unpaired) electrons. The molecule has 0 fully saturated rings. The van der Waals surface area contributed by atoms with Crippen molar-refractivity contribution in [1.29, 1.82) is 0 Å². The van der Waals surface area contributed by atoms with Crippen molar-refractivity contribution < 1.29 is 13.2 Å². The number of thioether (sulfide) groups is 1. The fourth-order valence-corrected chi connectivity index (χ4v) is 4.12. The molecule has 144 valence electrons. The number of rotatable bonds is 4. The number of benzene rings is 2. The first kappa shape index (κ1) is 20.5. The highest BCUT2D eigenvalue weighted by molar-refractivity contribution is 9.10. The van der Waals surface area contributed by atoms with Gasteiger partial charge in [-0.25, -0.2) is 4.98 Å². The number of fused-ring (bicyclic) bond motifs is 1. The van der Waals surface area contributed by atoms with Gasteiger partial charge in [0.1, 0.15) is 0 Å². The van der Waals surface area contributed by atoms with Gasteiger partial charge in [-0.15, -0.1) is 18.2 Å². The van der Waals surface area contributed by atoms with E-state index in [0.717, 1.165) is 28.3 Å². The largest absolute Gasteiger partial charge is 0.416 e. The molecule has 2 aromatic carbocycles. The third-order valence-corrected chi connectivity index (χ3v) is 5.68. The van der Waals surface area contributed by atoms with Crippen LogP contribution in [0.4, 0.5) is 13.2 Å². The van der Waals surface area contributed by atoms with Crippen LogP contribution in [0.15, 0.2) is 50.8 Å². The highest BCUT2D eigenvalue weighted by atomic mass is 79.9. The Labute approximate surface area is 172 Å². The van der Waals surface area contributed by atoms with E-state index in [2.05, 4.69) is 26.8 Å². The number of nitrogens with zero attached hydrogens (tertiary/aromatic N) is 2. The Hall–Kier alpha value is -2.24. The van der Waals surface area contributed by atoms with E-state index in [-0.39, 0.29) is 21.9 Å². The van der Waals surface area contributed by atoms with Crippen LogP contribution in [0.2, 0.25) is 0 Å². The maximum Gasteiger partial charge on any atom is 0.416 e. The van der Waals surface area contributed by atoms with Gasteiger partial charge in [-0.3, -0.25) is 9.36 Å². The van der Waals surface area contributed by atoms with Gasteiger partial charge in [0.2, 0.25) is 0 Å². The number of alkyl halides is 3. The Balaban J connectivity index is 2.14. The maximum atomic E-state index is 13.1. The van der Waals surface area contributed by atoms with Gasteiger partial charge in [0.05, 0.1) is 29.3 Å². The zero-order valence-electron chi connectivity index (χ0n) is 14.7. The molecule has 1 heterocycles. The second-order valence-electron chi connectivity index (χ2n) is 5.93. The molecule has 0 saturated carbocycles. The Morgan fingerprint density at radius 3 is 2.68 bits per heavy atom. The lowest BCUT2D eigenvalue weighted by Gasteiger charge is -2.13. The van der Waals surface area contributed by atoms with Crippen molar-refractivity contribution in [3.05, 3.63) is 68.2 Å². The van der Waals surface area contributed by atoms with Crippen molar-refractivity contribution in [3.8, 4) is 12.3 Å². The summed E-state index contributed by atoms with van der Waals surface area (Å²) in [5.74, 6) is 3.38. The van der Waals surface area contributed by atoms with E-state index in [0.29, 0.717) is 5.56 Å². The predicted molar refractivity (Wildman–Crippen MR) is 109 cm³/mol. The van der Waals surface area contributed by atoms with E-state index in [1.54, 1.807) is 17.8 Å². The van der Waals surface area contributed by atoms with Crippen LogP contribution in [0.5, 0.6) is 0 Å². The summed E-state index contributed by atoms with van der Waals surface area (Å²) in [6.07, 6.45) is 2.24. The van der Waals surface area contributed by atoms with Crippen LogP contribution in [0.1, 0.15) is 23.6 Å². The normalized spacial score (nSPS) is 11.6. The third-order valence-electron chi connectivity index (χ3n) is 4.08. The van der Waals surface area contributed by atoms with E-state index < -0.39 is 17.3 Å². The molecule has 0 atom stereocenters. The van der Waals surface area contributed by atoms with Gasteiger partial charge >= 0.3 is 6.18 Å². The lowest BCUT2D eigenvalue weighted by molar-refractivity contribution is -0.137. The van der Waals surface area contributed by atoms with Gasteiger partial charge in [-0.1, -0.05) is 12.8 Å². The molecule has 1 aromatic heterocycles. The van der Waals surface area contributed by atoms with Crippen molar-refractivity contribution in [2.45, 2.75) is 24.5 Å². The highest BCUT2D eigenvalue weighted by Gasteiger charge is 2.31. The molecule has 0 N–H and O–H groups in total. The first-order valence-electron chi connectivity index (χ1n) is 8.22. The highest BCUT2D eigenvalue weighted by Crippen LogP contribution is 2.33. The molecule has 0 unspecified atom stereocenters. The third kappa shape index (κ3) is 4.10. The van der Waals surface area contributed by atoms with Gasteiger partial charge in [0.25, 0.3) is 5.56 Å². The van der Waals surface area contributed by atoms with Crippen molar-refractivity contribution in [1.82, 2.24) is 9.55 Å². The molecule has 0 aliphatic rings. The summed E-state index contributed by atoms with van der Waals surface area (Å²) in [6.45, 7) is 2.16. The summed E-state index contributed by atoms with van der Waals surface area (Å²) >= 11 is 4.68. The van der Waals surface area contributed by atoms with Crippen molar-refractivity contribution in [2.24, 2.45) is 0 Å². The van der Waals surface area contributed by atoms with Crippen molar-refractivity contribution in [2.75, 3.05) is 5.75 Å². The van der Waals surface area contributed by atoms with Crippen molar-refractivity contribution in [3.63, 3.8) is 0 Å². The van der Waals surface area contributed by atoms with Gasteiger partial charge in [0, 0.05) is 14.9 Å². The molecule has 0 saturated heterocycles. The monoisotopic (exact) mass is 466 g/mol. The van der Waals surface area contributed by atoms with Gasteiger partial charge in [-0.05, 0) is 57.6 Å². The van der Waals surface area contributed by atoms with E-state index in [4.69, 9.17) is 6.42 Å². The summed E-state index contributed by atoms with van der Waals surface area (Å²) in [4.78, 5) is 18.0. The second-order valence-corrected chi connectivity index (χ2v) is 8.09. The average molecular weight is 467 g/mol. The average Bonchev–Trinajstić information content (AvgIpc) is 2.65. The summed E-state index contributed by atoms with van der Waals surface area (Å²) in [6, 6.07) is 7.26. The quantitative estimate of drug-likeness (QED) is 0.385. The van der Waals surface area contributed by atoms with Gasteiger partial charge in [-0.2, -0.15) is 13.2 Å². The summed E-state index contributed by atoms with van der Waals surface area (Å²) < 4.78 is 40.8. The first-order chi connectivity index (χ1) is 13.2. The van der Waals surface area contributed by atoms with E-state index in [1.807, 2.05) is 19.1 Å². The predicted octanol–water partition coefficient (Wildman–Crippen LogP) is 5.32. The van der Waals surface area contributed by atoms with Crippen LogP contribution >= 0.6 is 27.7 Å². The topological polar surface area (TPSA) is 34.9 Å². The molecule has 3 rings (SSSR count). The smallest absolute Gasteiger partial charge is 0.294 e. The van der Waals surface area contributed by atoms with Gasteiger partial charge < -0.3 is 0 Å². The fourth-order valence-electron chi connectivity index (χ4n) is 2.78. The SMILES string of the molecule is C#Cc1ccc(SCC)c(Cn2cnc3c(Br)cc(C(F)(F)F)cc3c2=O)c1.